The van der Waals surface area contributed by atoms with E-state index in [9.17, 15) is 0 Å². The Morgan fingerprint density at radius 1 is 1.44 bits per heavy atom. The molecule has 0 unspecified atom stereocenters. The van der Waals surface area contributed by atoms with Gasteiger partial charge in [-0.3, -0.25) is 0 Å². The fraction of sp³-hybridized carbons (Fsp3) is 0.167. The molecule has 0 amide bonds. The highest BCUT2D eigenvalue weighted by Gasteiger charge is 2.08. The summed E-state index contributed by atoms with van der Waals surface area (Å²) in [5, 5.41) is 8.83. The largest absolute Gasteiger partial charge is 0.416 e. The molecule has 1 aromatic heterocycles. The minimum Gasteiger partial charge on any atom is -0.416 e. The second kappa shape index (κ2) is 4.07. The summed E-state index contributed by atoms with van der Waals surface area (Å²) in [6.45, 7) is 1.90. The first-order valence-corrected chi connectivity index (χ1v) is 4.85. The number of benzene rings is 1. The molecule has 1 heterocycles. The molecular weight excluding hydrogens is 202 g/mol. The van der Waals surface area contributed by atoms with Crippen LogP contribution in [-0.4, -0.2) is 16.8 Å². The Balaban J connectivity index is 2.54. The third-order valence-electron chi connectivity index (χ3n) is 2.24. The summed E-state index contributed by atoms with van der Waals surface area (Å²) in [6, 6.07) is 9.39. The number of hydrogen-bond donors (Lipinski definition) is 0. The van der Waals surface area contributed by atoms with Crippen molar-refractivity contribution in [3.63, 3.8) is 0 Å². The lowest BCUT2D eigenvalue weighted by atomic mass is 10.1. The summed E-state index contributed by atoms with van der Waals surface area (Å²) in [5.74, 6) is 0.706. The molecule has 0 radical (unpaired) electrons. The number of nitrogens with zero attached hydrogens (tertiary/aromatic N) is 3. The van der Waals surface area contributed by atoms with Crippen LogP contribution in [0.1, 0.15) is 11.3 Å². The van der Waals surface area contributed by atoms with E-state index < -0.39 is 0 Å². The van der Waals surface area contributed by atoms with Crippen LogP contribution in [0.15, 0.2) is 30.5 Å². The Bertz CT molecular complexity index is 552. The van der Waals surface area contributed by atoms with Crippen LogP contribution in [-0.2, 0) is 0 Å². The summed E-state index contributed by atoms with van der Waals surface area (Å²) in [4.78, 5) is 9.52. The van der Waals surface area contributed by atoms with Gasteiger partial charge in [0.25, 0.3) is 0 Å². The predicted octanol–water partition coefficient (Wildman–Crippen LogP) is 1.79. The highest BCUT2D eigenvalue weighted by molar-refractivity contribution is 5.58. The number of nitriles is 1. The first-order valence-electron chi connectivity index (χ1n) is 4.85. The van der Waals surface area contributed by atoms with E-state index in [0.29, 0.717) is 11.4 Å². The molecule has 16 heavy (non-hydrogen) atoms. The number of aryl methyl sites for hydroxylation is 1. The fourth-order valence-electron chi connectivity index (χ4n) is 1.53. The molecule has 2 aromatic rings. The fourth-order valence-corrected chi connectivity index (χ4v) is 1.53. The van der Waals surface area contributed by atoms with Gasteiger partial charge < -0.3 is 4.84 Å². The second-order valence-electron chi connectivity index (χ2n) is 3.41. The van der Waals surface area contributed by atoms with Crippen LogP contribution in [0, 0.1) is 18.3 Å². The van der Waals surface area contributed by atoms with Crippen molar-refractivity contribution < 1.29 is 4.84 Å². The third kappa shape index (κ3) is 1.75. The van der Waals surface area contributed by atoms with Crippen LogP contribution in [0.3, 0.4) is 0 Å². The Morgan fingerprint density at radius 2 is 2.25 bits per heavy atom. The molecule has 0 aliphatic heterocycles. The Labute approximate surface area is 93.7 Å². The zero-order valence-electron chi connectivity index (χ0n) is 9.14. The monoisotopic (exact) mass is 213 g/mol. The van der Waals surface area contributed by atoms with Crippen LogP contribution in [0.5, 0.6) is 0 Å². The Hall–Kier alpha value is -2.28. The summed E-state index contributed by atoms with van der Waals surface area (Å²) >= 11 is 0. The number of hydrogen-bond acceptors (Lipinski definition) is 3. The smallest absolute Gasteiger partial charge is 0.175 e. The number of rotatable bonds is 2. The van der Waals surface area contributed by atoms with E-state index in [0.717, 1.165) is 11.3 Å². The van der Waals surface area contributed by atoms with Crippen molar-refractivity contribution in [2.45, 2.75) is 6.92 Å². The molecule has 0 atom stereocenters. The molecule has 0 spiro atoms. The van der Waals surface area contributed by atoms with E-state index in [1.165, 1.54) is 0 Å². The van der Waals surface area contributed by atoms with E-state index >= 15 is 0 Å². The first kappa shape index (κ1) is 10.2. The van der Waals surface area contributed by atoms with Gasteiger partial charge in [-0.15, -0.1) is 0 Å². The zero-order valence-corrected chi connectivity index (χ0v) is 9.14. The van der Waals surface area contributed by atoms with Gasteiger partial charge in [-0.05, 0) is 19.1 Å². The van der Waals surface area contributed by atoms with Crippen molar-refractivity contribution in [1.29, 1.82) is 5.26 Å². The lowest BCUT2D eigenvalue weighted by Crippen LogP contribution is -2.05. The highest BCUT2D eigenvalue weighted by atomic mass is 16.6. The van der Waals surface area contributed by atoms with Gasteiger partial charge in [0.05, 0.1) is 23.5 Å². The number of aromatic nitrogens is 2. The zero-order chi connectivity index (χ0) is 11.5. The van der Waals surface area contributed by atoms with Crippen LogP contribution in [0.25, 0.3) is 11.4 Å². The average molecular weight is 213 g/mol. The van der Waals surface area contributed by atoms with E-state index in [1.807, 2.05) is 19.1 Å². The van der Waals surface area contributed by atoms with Gasteiger partial charge in [0.1, 0.15) is 7.11 Å². The quantitative estimate of drug-likeness (QED) is 0.764. The number of imidazole rings is 1. The van der Waals surface area contributed by atoms with Crippen molar-refractivity contribution in [1.82, 2.24) is 9.71 Å². The molecule has 1 aromatic carbocycles. The lowest BCUT2D eigenvalue weighted by molar-refractivity contribution is 0.171. The molecule has 0 aliphatic carbocycles. The van der Waals surface area contributed by atoms with Crippen LogP contribution < -0.4 is 4.84 Å². The van der Waals surface area contributed by atoms with Gasteiger partial charge in [-0.2, -0.15) is 9.99 Å². The van der Waals surface area contributed by atoms with Gasteiger partial charge in [-0.1, -0.05) is 12.1 Å². The van der Waals surface area contributed by atoms with Gasteiger partial charge >= 0.3 is 0 Å². The maximum absolute atomic E-state index is 8.83. The van der Waals surface area contributed by atoms with Gasteiger partial charge in [0, 0.05) is 5.56 Å². The SMILES string of the molecule is COn1cc(C)nc1-c1cccc(C#N)c1. The van der Waals surface area contributed by atoms with E-state index in [-0.39, 0.29) is 0 Å². The second-order valence-corrected chi connectivity index (χ2v) is 3.41. The van der Waals surface area contributed by atoms with Crippen molar-refractivity contribution in [2.75, 3.05) is 7.11 Å². The third-order valence-corrected chi connectivity index (χ3v) is 2.24. The molecule has 80 valence electrons. The molecule has 4 heteroatoms. The van der Waals surface area contributed by atoms with Crippen molar-refractivity contribution in [3.05, 3.63) is 41.7 Å². The molecule has 0 saturated heterocycles. The lowest BCUT2D eigenvalue weighted by Gasteiger charge is -2.04. The van der Waals surface area contributed by atoms with E-state index in [2.05, 4.69) is 11.1 Å². The van der Waals surface area contributed by atoms with Gasteiger partial charge in [0.2, 0.25) is 0 Å². The summed E-state index contributed by atoms with van der Waals surface area (Å²) in [6.07, 6.45) is 1.80. The summed E-state index contributed by atoms with van der Waals surface area (Å²) in [5.41, 5.74) is 2.36. The topological polar surface area (TPSA) is 50.8 Å². The van der Waals surface area contributed by atoms with Crippen molar-refractivity contribution in [2.24, 2.45) is 0 Å². The molecule has 2 rings (SSSR count). The van der Waals surface area contributed by atoms with Crippen LogP contribution >= 0.6 is 0 Å². The standard InChI is InChI=1S/C12H11N3O/c1-9-8-15(16-2)12(14-9)11-5-3-4-10(6-11)7-13/h3-6,8H,1-2H3. The minimum atomic E-state index is 0.612. The maximum Gasteiger partial charge on any atom is 0.175 e. The van der Waals surface area contributed by atoms with E-state index in [4.69, 9.17) is 10.1 Å². The minimum absolute atomic E-state index is 0.612. The van der Waals surface area contributed by atoms with Gasteiger partial charge in [-0.25, -0.2) is 4.98 Å². The molecule has 4 nitrogen and oxygen atoms in total. The highest BCUT2D eigenvalue weighted by Crippen LogP contribution is 2.18. The van der Waals surface area contributed by atoms with Gasteiger partial charge in [0.15, 0.2) is 5.82 Å². The average Bonchev–Trinajstić information content (AvgIpc) is 2.70. The normalized spacial score (nSPS) is 9.81. The molecule has 0 N–H and O–H groups in total. The van der Waals surface area contributed by atoms with Crippen LogP contribution in [0.2, 0.25) is 0 Å². The molecule has 0 fully saturated rings. The molecule has 0 bridgehead atoms. The molecular formula is C12H11N3O. The van der Waals surface area contributed by atoms with E-state index in [1.54, 1.807) is 30.2 Å². The van der Waals surface area contributed by atoms with Crippen LogP contribution in [0.4, 0.5) is 0 Å². The maximum atomic E-state index is 8.83. The first-order chi connectivity index (χ1) is 7.74. The summed E-state index contributed by atoms with van der Waals surface area (Å²) in [7, 11) is 1.58. The van der Waals surface area contributed by atoms with Crippen molar-refractivity contribution in [3.8, 4) is 17.5 Å². The molecule has 0 saturated carbocycles. The van der Waals surface area contributed by atoms with Crippen molar-refractivity contribution >= 4 is 0 Å². The Kier molecular flexibility index (Phi) is 2.61. The molecule has 0 aliphatic rings. The Morgan fingerprint density at radius 3 is 2.94 bits per heavy atom. The predicted molar refractivity (Wildman–Crippen MR) is 59.6 cm³/mol. The summed E-state index contributed by atoms with van der Waals surface area (Å²) < 4.78 is 1.59.